The summed E-state index contributed by atoms with van der Waals surface area (Å²) in [6.45, 7) is 5.19. The summed E-state index contributed by atoms with van der Waals surface area (Å²) >= 11 is 0. The van der Waals surface area contributed by atoms with E-state index in [1.165, 1.54) is 18.3 Å². The quantitative estimate of drug-likeness (QED) is 0.755. The molecule has 1 unspecified atom stereocenters. The van der Waals surface area contributed by atoms with Crippen molar-refractivity contribution in [1.82, 2.24) is 9.71 Å². The van der Waals surface area contributed by atoms with E-state index >= 15 is 0 Å². The third-order valence-electron chi connectivity index (χ3n) is 1.61. The van der Waals surface area contributed by atoms with Gasteiger partial charge in [0.1, 0.15) is 0 Å². The lowest BCUT2D eigenvalue weighted by Crippen LogP contribution is -2.31. The molecule has 0 saturated carbocycles. The highest BCUT2D eigenvalue weighted by molar-refractivity contribution is 7.89. The van der Waals surface area contributed by atoms with Crippen LogP contribution in [0, 0.1) is 0 Å². The highest BCUT2D eigenvalue weighted by Gasteiger charge is 2.16. The molecule has 0 aliphatic carbocycles. The molecular formula is C9H12N2O2S. The molecule has 0 amide bonds. The molecule has 1 atom stereocenters. The fraction of sp³-hybridized carbons (Fsp3) is 0.222. The molecule has 0 radical (unpaired) electrons. The number of aromatic nitrogens is 1. The van der Waals surface area contributed by atoms with Crippen molar-refractivity contribution in [3.05, 3.63) is 37.1 Å². The third-order valence-corrected chi connectivity index (χ3v) is 3.08. The number of hydrogen-bond donors (Lipinski definition) is 1. The summed E-state index contributed by atoms with van der Waals surface area (Å²) < 4.78 is 25.6. The smallest absolute Gasteiger partial charge is 0.243 e. The molecule has 76 valence electrons. The number of nitrogens with zero attached hydrogens (tertiary/aromatic N) is 1. The van der Waals surface area contributed by atoms with Crippen molar-refractivity contribution in [2.75, 3.05) is 0 Å². The van der Waals surface area contributed by atoms with Gasteiger partial charge in [0.15, 0.2) is 5.03 Å². The second-order valence-electron chi connectivity index (χ2n) is 2.81. The third kappa shape index (κ3) is 2.65. The number of hydrogen-bond acceptors (Lipinski definition) is 3. The molecular weight excluding hydrogens is 200 g/mol. The molecule has 1 rings (SSSR count). The standard InChI is InChI=1S/C9H12N2O2S/c1-3-8(2)11-14(12,13)9-6-4-5-7-10-9/h3-8,11H,1H2,2H3. The Hall–Kier alpha value is -1.20. The first-order valence-electron chi connectivity index (χ1n) is 4.12. The van der Waals surface area contributed by atoms with Gasteiger partial charge in [0.05, 0.1) is 0 Å². The first-order chi connectivity index (χ1) is 6.56. The van der Waals surface area contributed by atoms with Crippen molar-refractivity contribution >= 4 is 10.0 Å². The Bertz CT molecular complexity index is 400. The van der Waals surface area contributed by atoms with Crippen molar-refractivity contribution in [1.29, 1.82) is 0 Å². The zero-order valence-electron chi connectivity index (χ0n) is 7.84. The van der Waals surface area contributed by atoms with E-state index in [1.807, 2.05) is 0 Å². The van der Waals surface area contributed by atoms with Crippen LogP contribution in [0.2, 0.25) is 0 Å². The van der Waals surface area contributed by atoms with E-state index in [0.717, 1.165) is 0 Å². The Balaban J connectivity index is 2.92. The maximum atomic E-state index is 11.6. The van der Waals surface area contributed by atoms with E-state index < -0.39 is 10.0 Å². The van der Waals surface area contributed by atoms with Crippen LogP contribution in [0.1, 0.15) is 6.92 Å². The van der Waals surface area contributed by atoms with Gasteiger partial charge in [0, 0.05) is 12.2 Å². The van der Waals surface area contributed by atoms with E-state index in [-0.39, 0.29) is 11.1 Å². The molecule has 0 spiro atoms. The van der Waals surface area contributed by atoms with Crippen LogP contribution < -0.4 is 4.72 Å². The van der Waals surface area contributed by atoms with E-state index in [1.54, 1.807) is 19.1 Å². The summed E-state index contributed by atoms with van der Waals surface area (Å²) in [7, 11) is -3.50. The lowest BCUT2D eigenvalue weighted by Gasteiger charge is -2.08. The molecule has 0 fully saturated rings. The Morgan fingerprint density at radius 1 is 1.57 bits per heavy atom. The molecule has 0 saturated heterocycles. The monoisotopic (exact) mass is 212 g/mol. The minimum absolute atomic E-state index is 0.0219. The summed E-state index contributed by atoms with van der Waals surface area (Å²) in [6.07, 6.45) is 2.95. The van der Waals surface area contributed by atoms with Crippen LogP contribution >= 0.6 is 0 Å². The van der Waals surface area contributed by atoms with Crippen LogP contribution in [0.15, 0.2) is 42.1 Å². The summed E-state index contributed by atoms with van der Waals surface area (Å²) in [4.78, 5) is 3.75. The highest BCUT2D eigenvalue weighted by atomic mass is 32.2. The van der Waals surface area contributed by atoms with Gasteiger partial charge in [-0.3, -0.25) is 0 Å². The second kappa shape index (κ2) is 4.34. The maximum Gasteiger partial charge on any atom is 0.258 e. The summed E-state index contributed by atoms with van der Waals surface area (Å²) in [6, 6.07) is 4.43. The first-order valence-corrected chi connectivity index (χ1v) is 5.60. The Morgan fingerprint density at radius 2 is 2.29 bits per heavy atom. The predicted molar refractivity (Wildman–Crippen MR) is 54.2 cm³/mol. The van der Waals surface area contributed by atoms with Crippen molar-refractivity contribution in [3.63, 3.8) is 0 Å². The molecule has 0 bridgehead atoms. The van der Waals surface area contributed by atoms with E-state index in [4.69, 9.17) is 0 Å². The molecule has 1 heterocycles. The number of sulfonamides is 1. The van der Waals surface area contributed by atoms with Gasteiger partial charge >= 0.3 is 0 Å². The Labute approximate surface area is 83.7 Å². The van der Waals surface area contributed by atoms with Gasteiger partial charge in [-0.05, 0) is 19.1 Å². The van der Waals surface area contributed by atoms with Gasteiger partial charge in [-0.25, -0.2) is 18.1 Å². The largest absolute Gasteiger partial charge is 0.258 e. The summed E-state index contributed by atoms with van der Waals surface area (Å²) in [5.41, 5.74) is 0. The van der Waals surface area contributed by atoms with E-state index in [2.05, 4.69) is 16.3 Å². The zero-order valence-corrected chi connectivity index (χ0v) is 8.66. The molecule has 0 aliphatic rings. The predicted octanol–water partition coefficient (Wildman–Crippen LogP) is 0.934. The molecule has 5 heteroatoms. The second-order valence-corrected chi connectivity index (χ2v) is 4.47. The van der Waals surface area contributed by atoms with Gasteiger partial charge in [0.2, 0.25) is 0 Å². The normalized spacial score (nSPS) is 13.5. The average Bonchev–Trinajstić information content (AvgIpc) is 2.18. The van der Waals surface area contributed by atoms with Gasteiger partial charge in [-0.2, -0.15) is 0 Å². The van der Waals surface area contributed by atoms with Crippen molar-refractivity contribution in [2.24, 2.45) is 0 Å². The lowest BCUT2D eigenvalue weighted by molar-refractivity contribution is 0.572. The molecule has 0 aliphatic heterocycles. The van der Waals surface area contributed by atoms with Crippen molar-refractivity contribution in [2.45, 2.75) is 18.0 Å². The topological polar surface area (TPSA) is 59.1 Å². The van der Waals surface area contributed by atoms with Gasteiger partial charge in [0.25, 0.3) is 10.0 Å². The van der Waals surface area contributed by atoms with Crippen LogP contribution in [-0.4, -0.2) is 19.4 Å². The molecule has 1 aromatic rings. The van der Waals surface area contributed by atoms with Gasteiger partial charge in [-0.1, -0.05) is 12.1 Å². The fourth-order valence-corrected chi connectivity index (χ4v) is 2.02. The Morgan fingerprint density at radius 3 is 2.79 bits per heavy atom. The molecule has 1 N–H and O–H groups in total. The van der Waals surface area contributed by atoms with Crippen LogP contribution in [0.4, 0.5) is 0 Å². The zero-order chi connectivity index (χ0) is 10.6. The minimum Gasteiger partial charge on any atom is -0.243 e. The minimum atomic E-state index is -3.50. The lowest BCUT2D eigenvalue weighted by atomic mass is 10.4. The fourth-order valence-electron chi connectivity index (χ4n) is 0.859. The highest BCUT2D eigenvalue weighted by Crippen LogP contribution is 2.03. The van der Waals surface area contributed by atoms with Crippen LogP contribution in [-0.2, 0) is 10.0 Å². The van der Waals surface area contributed by atoms with Gasteiger partial charge < -0.3 is 0 Å². The summed E-state index contributed by atoms with van der Waals surface area (Å²) in [5.74, 6) is 0. The van der Waals surface area contributed by atoms with Crippen molar-refractivity contribution < 1.29 is 8.42 Å². The van der Waals surface area contributed by atoms with Gasteiger partial charge in [-0.15, -0.1) is 6.58 Å². The molecule has 14 heavy (non-hydrogen) atoms. The SMILES string of the molecule is C=CC(C)NS(=O)(=O)c1ccccn1. The van der Waals surface area contributed by atoms with Crippen LogP contribution in [0.3, 0.4) is 0 Å². The van der Waals surface area contributed by atoms with Crippen LogP contribution in [0.5, 0.6) is 0 Å². The summed E-state index contributed by atoms with van der Waals surface area (Å²) in [5, 5.41) is 0.0219. The molecule has 4 nitrogen and oxygen atoms in total. The first kappa shape index (κ1) is 10.9. The maximum absolute atomic E-state index is 11.6. The molecule has 1 aromatic heterocycles. The van der Waals surface area contributed by atoms with E-state index in [0.29, 0.717) is 0 Å². The van der Waals surface area contributed by atoms with Crippen molar-refractivity contribution in [3.8, 4) is 0 Å². The van der Waals surface area contributed by atoms with E-state index in [9.17, 15) is 8.42 Å². The average molecular weight is 212 g/mol. The number of pyridine rings is 1. The molecule has 0 aromatic carbocycles. The number of rotatable bonds is 4. The number of nitrogens with one attached hydrogen (secondary N) is 1. The Kier molecular flexibility index (Phi) is 3.38. The van der Waals surface area contributed by atoms with Crippen LogP contribution in [0.25, 0.3) is 0 Å².